The van der Waals surface area contributed by atoms with Gasteiger partial charge in [0.2, 0.25) is 0 Å². The summed E-state index contributed by atoms with van der Waals surface area (Å²) < 4.78 is 4.48. The predicted octanol–water partition coefficient (Wildman–Crippen LogP) is -2.68. The fraction of sp³-hybridized carbons (Fsp3) is 1.00. The average Bonchev–Trinajstić information content (AvgIpc) is 2.18. The molecule has 1 atom stereocenters. The Morgan fingerprint density at radius 1 is 0.923 bits per heavy atom. The third-order valence-electron chi connectivity index (χ3n) is 0.991. The van der Waals surface area contributed by atoms with Crippen molar-refractivity contribution in [1.29, 1.82) is 0 Å². The van der Waals surface area contributed by atoms with Gasteiger partial charge in [0.1, 0.15) is 12.2 Å². The van der Waals surface area contributed by atoms with Gasteiger partial charge >= 0.3 is 0 Å². The lowest BCUT2D eigenvalue weighted by atomic mass is 10.4. The van der Waals surface area contributed by atoms with E-state index >= 15 is 0 Å². The van der Waals surface area contributed by atoms with Crippen molar-refractivity contribution in [2.75, 3.05) is 33.5 Å². The van der Waals surface area contributed by atoms with E-state index in [1.165, 1.54) is 7.11 Å². The zero-order valence-electron chi connectivity index (χ0n) is 7.63. The van der Waals surface area contributed by atoms with Crippen LogP contribution in [0.2, 0.25) is 0 Å². The standard InChI is InChI=1S/C4H10O3.C3H8O3/c1-7-3-4(6)2-5;4-1-3(6)2-5/h4-6H,2-3H2,1H3;3-6H,1-2H2. The number of rotatable bonds is 5. The number of aliphatic hydroxyl groups is 5. The smallest absolute Gasteiger partial charge is 0.100 e. The number of aliphatic hydroxyl groups excluding tert-OH is 5. The molecule has 82 valence electrons. The van der Waals surface area contributed by atoms with Gasteiger partial charge in [-0.2, -0.15) is 0 Å². The lowest BCUT2D eigenvalue weighted by Crippen LogP contribution is -2.17. The minimum absolute atomic E-state index is 0.205. The van der Waals surface area contributed by atoms with Gasteiger partial charge < -0.3 is 30.3 Å². The van der Waals surface area contributed by atoms with Crippen LogP contribution in [-0.4, -0.2) is 71.3 Å². The van der Waals surface area contributed by atoms with E-state index in [0.717, 1.165) is 0 Å². The van der Waals surface area contributed by atoms with Gasteiger partial charge in [-0.15, -0.1) is 0 Å². The van der Waals surface area contributed by atoms with Crippen LogP contribution in [0.25, 0.3) is 0 Å². The lowest BCUT2D eigenvalue weighted by molar-refractivity contribution is 0.0254. The summed E-state index contributed by atoms with van der Waals surface area (Å²) in [5.74, 6) is 0. The van der Waals surface area contributed by atoms with Gasteiger partial charge in [-0.25, -0.2) is 0 Å². The highest BCUT2D eigenvalue weighted by molar-refractivity contribution is 4.46. The molecule has 6 nitrogen and oxygen atoms in total. The van der Waals surface area contributed by atoms with Crippen LogP contribution in [0, 0.1) is 0 Å². The molecule has 0 radical (unpaired) electrons. The normalized spacial score (nSPS) is 12.2. The Morgan fingerprint density at radius 2 is 1.31 bits per heavy atom. The molecule has 0 aromatic rings. The Bertz CT molecular complexity index is 85.1. The first kappa shape index (κ1) is 15.2. The van der Waals surface area contributed by atoms with E-state index in [-0.39, 0.29) is 26.4 Å². The zero-order valence-corrected chi connectivity index (χ0v) is 7.63. The SMILES string of the molecule is COCC(O)CO.OCC(O)CO. The first-order valence-electron chi connectivity index (χ1n) is 3.79. The fourth-order valence-electron chi connectivity index (χ4n) is 0.303. The number of hydrogen-bond donors (Lipinski definition) is 5. The molecule has 0 aliphatic heterocycles. The Morgan fingerprint density at radius 3 is 1.38 bits per heavy atom. The lowest BCUT2D eigenvalue weighted by Gasteiger charge is -2.01. The van der Waals surface area contributed by atoms with Crippen LogP contribution < -0.4 is 0 Å². The predicted molar refractivity (Wildman–Crippen MR) is 45.1 cm³/mol. The summed E-state index contributed by atoms with van der Waals surface area (Å²) >= 11 is 0. The van der Waals surface area contributed by atoms with Crippen molar-refractivity contribution in [3.05, 3.63) is 0 Å². The van der Waals surface area contributed by atoms with Gasteiger partial charge in [0, 0.05) is 7.11 Å². The van der Waals surface area contributed by atoms with E-state index in [1.54, 1.807) is 0 Å². The highest BCUT2D eigenvalue weighted by atomic mass is 16.5. The Balaban J connectivity index is 0. The molecular weight excluding hydrogens is 180 g/mol. The van der Waals surface area contributed by atoms with Crippen molar-refractivity contribution in [3.63, 3.8) is 0 Å². The molecule has 1 unspecified atom stereocenters. The molecule has 0 fully saturated rings. The molecular formula is C7H18O6. The van der Waals surface area contributed by atoms with Crippen molar-refractivity contribution in [1.82, 2.24) is 0 Å². The van der Waals surface area contributed by atoms with Crippen molar-refractivity contribution in [2.24, 2.45) is 0 Å². The molecule has 0 heterocycles. The minimum Gasteiger partial charge on any atom is -0.394 e. The van der Waals surface area contributed by atoms with Gasteiger partial charge in [0.25, 0.3) is 0 Å². The van der Waals surface area contributed by atoms with Crippen LogP contribution in [-0.2, 0) is 4.74 Å². The molecule has 0 aromatic heterocycles. The summed E-state index contributed by atoms with van der Waals surface area (Å²) in [5, 5.41) is 40.6. The van der Waals surface area contributed by atoms with Crippen LogP contribution >= 0.6 is 0 Å². The van der Waals surface area contributed by atoms with Gasteiger partial charge in [-0.05, 0) is 0 Å². The van der Waals surface area contributed by atoms with Gasteiger partial charge in [-0.3, -0.25) is 0 Å². The Hall–Kier alpha value is -0.240. The van der Waals surface area contributed by atoms with E-state index in [9.17, 15) is 0 Å². The second-order valence-electron chi connectivity index (χ2n) is 2.31. The average molecular weight is 198 g/mol. The van der Waals surface area contributed by atoms with Crippen molar-refractivity contribution >= 4 is 0 Å². The first-order chi connectivity index (χ1) is 6.12. The topological polar surface area (TPSA) is 110 Å². The maximum Gasteiger partial charge on any atom is 0.100 e. The molecule has 13 heavy (non-hydrogen) atoms. The molecule has 0 rings (SSSR count). The van der Waals surface area contributed by atoms with Crippen molar-refractivity contribution in [2.45, 2.75) is 12.2 Å². The first-order valence-corrected chi connectivity index (χ1v) is 3.79. The molecule has 0 saturated heterocycles. The minimum atomic E-state index is -0.954. The van der Waals surface area contributed by atoms with E-state index in [1.807, 2.05) is 0 Å². The molecule has 0 aliphatic carbocycles. The van der Waals surface area contributed by atoms with E-state index in [2.05, 4.69) is 4.74 Å². The molecule has 0 bridgehead atoms. The summed E-state index contributed by atoms with van der Waals surface area (Å²) in [4.78, 5) is 0. The highest BCUT2D eigenvalue weighted by Crippen LogP contribution is 1.77. The third-order valence-corrected chi connectivity index (χ3v) is 0.991. The maximum absolute atomic E-state index is 8.48. The summed E-state index contributed by atoms with van der Waals surface area (Å²) in [6.07, 6.45) is -1.67. The van der Waals surface area contributed by atoms with Crippen molar-refractivity contribution < 1.29 is 30.3 Å². The van der Waals surface area contributed by atoms with Crippen LogP contribution in [0.3, 0.4) is 0 Å². The molecule has 0 saturated carbocycles. The highest BCUT2D eigenvalue weighted by Gasteiger charge is 1.96. The summed E-state index contributed by atoms with van der Waals surface area (Å²) in [6.45, 7) is -0.753. The Labute approximate surface area is 77.0 Å². The second-order valence-corrected chi connectivity index (χ2v) is 2.31. The Kier molecular flexibility index (Phi) is 13.8. The molecule has 6 heteroatoms. The fourth-order valence-corrected chi connectivity index (χ4v) is 0.303. The van der Waals surface area contributed by atoms with Crippen molar-refractivity contribution in [3.8, 4) is 0 Å². The molecule has 0 aromatic carbocycles. The summed E-state index contributed by atoms with van der Waals surface area (Å²) in [7, 11) is 1.47. The van der Waals surface area contributed by atoms with Crippen LogP contribution in [0.5, 0.6) is 0 Å². The van der Waals surface area contributed by atoms with E-state index in [4.69, 9.17) is 25.5 Å². The molecule has 0 amide bonds. The monoisotopic (exact) mass is 198 g/mol. The van der Waals surface area contributed by atoms with E-state index < -0.39 is 12.2 Å². The quantitative estimate of drug-likeness (QED) is 0.329. The maximum atomic E-state index is 8.48. The zero-order chi connectivity index (χ0) is 10.7. The summed E-state index contributed by atoms with van der Waals surface area (Å²) in [5.41, 5.74) is 0. The van der Waals surface area contributed by atoms with Gasteiger partial charge in [0.15, 0.2) is 0 Å². The van der Waals surface area contributed by atoms with Crippen LogP contribution in [0.1, 0.15) is 0 Å². The second kappa shape index (κ2) is 11.8. The summed E-state index contributed by atoms with van der Waals surface area (Å²) in [6, 6.07) is 0. The number of hydrogen-bond acceptors (Lipinski definition) is 6. The van der Waals surface area contributed by atoms with Gasteiger partial charge in [0.05, 0.1) is 26.4 Å². The number of ether oxygens (including phenoxy) is 1. The molecule has 0 spiro atoms. The molecule has 5 N–H and O–H groups in total. The van der Waals surface area contributed by atoms with Crippen LogP contribution in [0.4, 0.5) is 0 Å². The molecule has 0 aliphatic rings. The van der Waals surface area contributed by atoms with Gasteiger partial charge in [-0.1, -0.05) is 0 Å². The van der Waals surface area contributed by atoms with Crippen LogP contribution in [0.15, 0.2) is 0 Å². The third kappa shape index (κ3) is 14.6. The number of methoxy groups -OCH3 is 1. The largest absolute Gasteiger partial charge is 0.394 e. The van der Waals surface area contributed by atoms with E-state index in [0.29, 0.717) is 0 Å².